The van der Waals surface area contributed by atoms with Gasteiger partial charge < -0.3 is 0 Å². The Balaban J connectivity index is 2.35. The largest absolute Gasteiger partial charge is 0.294 e. The molecule has 1 aliphatic carbocycles. The van der Waals surface area contributed by atoms with E-state index in [9.17, 15) is 4.79 Å². The van der Waals surface area contributed by atoms with Gasteiger partial charge in [-0.15, -0.1) is 0 Å². The highest BCUT2D eigenvalue weighted by Gasteiger charge is 2.37. The van der Waals surface area contributed by atoms with Gasteiger partial charge in [0.25, 0.3) is 0 Å². The SMILES string of the molecule is CC[n+]1c2c(cc3ccccc31)C(=O)CC(C)(C)C2. The normalized spacial score (nSPS) is 17.5. The first-order valence-corrected chi connectivity index (χ1v) is 6.99. The summed E-state index contributed by atoms with van der Waals surface area (Å²) in [6.45, 7) is 7.43. The van der Waals surface area contributed by atoms with Crippen molar-refractivity contribution in [3.8, 4) is 0 Å². The summed E-state index contributed by atoms with van der Waals surface area (Å²) in [5, 5.41) is 1.16. The molecule has 0 unspecified atom stereocenters. The molecule has 2 nitrogen and oxygen atoms in total. The Labute approximate surface area is 114 Å². The van der Waals surface area contributed by atoms with Gasteiger partial charge in [-0.1, -0.05) is 26.0 Å². The molecule has 1 heterocycles. The first-order valence-electron chi connectivity index (χ1n) is 6.99. The Morgan fingerprint density at radius 1 is 1.21 bits per heavy atom. The second kappa shape index (κ2) is 4.16. The molecule has 98 valence electrons. The zero-order valence-electron chi connectivity index (χ0n) is 11.9. The van der Waals surface area contributed by atoms with Gasteiger partial charge in [-0.05, 0) is 24.5 Å². The first kappa shape index (κ1) is 12.3. The number of fused-ring (bicyclic) bond motifs is 2. The average molecular weight is 254 g/mol. The van der Waals surface area contributed by atoms with Crippen LogP contribution in [0.4, 0.5) is 0 Å². The number of hydrogen-bond acceptors (Lipinski definition) is 1. The molecule has 0 aliphatic heterocycles. The van der Waals surface area contributed by atoms with Gasteiger partial charge in [0.05, 0.1) is 5.56 Å². The molecule has 0 bridgehead atoms. The number of Topliss-reactive ketones (excluding diaryl/α,β-unsaturated/α-hetero) is 1. The lowest BCUT2D eigenvalue weighted by Crippen LogP contribution is -2.44. The number of carbonyl (C=O) groups is 1. The van der Waals surface area contributed by atoms with Gasteiger partial charge in [0, 0.05) is 24.3 Å². The van der Waals surface area contributed by atoms with Gasteiger partial charge in [0.15, 0.2) is 11.5 Å². The van der Waals surface area contributed by atoms with E-state index in [2.05, 4.69) is 49.6 Å². The topological polar surface area (TPSA) is 20.9 Å². The van der Waals surface area contributed by atoms with Gasteiger partial charge in [-0.3, -0.25) is 4.79 Å². The van der Waals surface area contributed by atoms with Crippen LogP contribution < -0.4 is 4.57 Å². The number of pyridine rings is 1. The average Bonchev–Trinajstić information content (AvgIpc) is 2.35. The molecule has 0 saturated carbocycles. The zero-order chi connectivity index (χ0) is 13.6. The minimum Gasteiger partial charge on any atom is -0.294 e. The third-order valence-corrected chi connectivity index (χ3v) is 4.07. The van der Waals surface area contributed by atoms with Crippen LogP contribution in [-0.4, -0.2) is 5.78 Å². The molecule has 0 atom stereocenters. The van der Waals surface area contributed by atoms with Crippen LogP contribution in [0.2, 0.25) is 0 Å². The van der Waals surface area contributed by atoms with Gasteiger partial charge in [0.2, 0.25) is 5.52 Å². The lowest BCUT2D eigenvalue weighted by Gasteiger charge is -2.28. The summed E-state index contributed by atoms with van der Waals surface area (Å²) in [7, 11) is 0. The van der Waals surface area contributed by atoms with Crippen molar-refractivity contribution in [3.05, 3.63) is 41.6 Å². The van der Waals surface area contributed by atoms with Crippen LogP contribution in [0.1, 0.15) is 43.2 Å². The second-order valence-corrected chi connectivity index (χ2v) is 6.25. The maximum absolute atomic E-state index is 12.4. The Morgan fingerprint density at radius 2 is 1.95 bits per heavy atom. The molecule has 2 heteroatoms. The van der Waals surface area contributed by atoms with Crippen molar-refractivity contribution in [2.45, 2.75) is 40.2 Å². The van der Waals surface area contributed by atoms with Crippen molar-refractivity contribution in [2.75, 3.05) is 0 Å². The number of rotatable bonds is 1. The molecule has 0 fully saturated rings. The third kappa shape index (κ3) is 1.95. The van der Waals surface area contributed by atoms with Gasteiger partial charge >= 0.3 is 0 Å². The molecule has 0 saturated heterocycles. The van der Waals surface area contributed by atoms with E-state index in [-0.39, 0.29) is 5.41 Å². The van der Waals surface area contributed by atoms with E-state index in [1.165, 1.54) is 11.2 Å². The molecule has 0 N–H and O–H groups in total. The lowest BCUT2D eigenvalue weighted by atomic mass is 9.75. The van der Waals surface area contributed by atoms with Crippen LogP contribution in [-0.2, 0) is 13.0 Å². The van der Waals surface area contributed by atoms with Gasteiger partial charge in [0.1, 0.15) is 6.54 Å². The van der Waals surface area contributed by atoms with Crippen LogP contribution in [0.25, 0.3) is 10.9 Å². The molecular weight excluding hydrogens is 234 g/mol. The monoisotopic (exact) mass is 254 g/mol. The van der Waals surface area contributed by atoms with E-state index in [1.807, 2.05) is 6.07 Å². The zero-order valence-corrected chi connectivity index (χ0v) is 11.9. The summed E-state index contributed by atoms with van der Waals surface area (Å²) in [6, 6.07) is 10.4. The Hall–Kier alpha value is -1.70. The van der Waals surface area contributed by atoms with Crippen LogP contribution in [0.3, 0.4) is 0 Å². The maximum atomic E-state index is 12.4. The molecule has 0 radical (unpaired) electrons. The number of carbonyl (C=O) groups excluding carboxylic acids is 1. The fourth-order valence-electron chi connectivity index (χ4n) is 3.22. The van der Waals surface area contributed by atoms with Gasteiger partial charge in [-0.25, -0.2) is 0 Å². The number of ketones is 1. The summed E-state index contributed by atoms with van der Waals surface area (Å²) in [5.74, 6) is 0.291. The Kier molecular flexibility index (Phi) is 2.70. The van der Waals surface area contributed by atoms with E-state index in [0.717, 1.165) is 23.9 Å². The minimum atomic E-state index is 0.0729. The highest BCUT2D eigenvalue weighted by atomic mass is 16.1. The van der Waals surface area contributed by atoms with Crippen molar-refractivity contribution in [1.29, 1.82) is 0 Å². The predicted octanol–water partition coefficient (Wildman–Crippen LogP) is 3.30. The highest BCUT2D eigenvalue weighted by Crippen LogP contribution is 2.34. The summed E-state index contributed by atoms with van der Waals surface area (Å²) in [4.78, 5) is 12.4. The van der Waals surface area contributed by atoms with E-state index in [1.54, 1.807) is 0 Å². The Morgan fingerprint density at radius 3 is 2.68 bits per heavy atom. The molecule has 19 heavy (non-hydrogen) atoms. The molecule has 1 aliphatic rings. The summed E-state index contributed by atoms with van der Waals surface area (Å²) < 4.78 is 2.31. The molecule has 1 aromatic heterocycles. The number of aryl methyl sites for hydroxylation is 1. The Bertz CT molecular complexity index is 670. The standard InChI is InChI=1S/C17H20NO/c1-4-18-14-8-6-5-7-12(14)9-13-15(18)10-17(2,3)11-16(13)19/h5-9H,4,10-11H2,1-3H3/q+1. The number of benzene rings is 1. The lowest BCUT2D eigenvalue weighted by molar-refractivity contribution is -0.676. The molecule has 3 rings (SSSR count). The minimum absolute atomic E-state index is 0.0729. The number of nitrogens with zero attached hydrogens (tertiary/aromatic N) is 1. The third-order valence-electron chi connectivity index (χ3n) is 4.07. The van der Waals surface area contributed by atoms with Crippen molar-refractivity contribution in [2.24, 2.45) is 5.41 Å². The van der Waals surface area contributed by atoms with E-state index in [0.29, 0.717) is 12.2 Å². The van der Waals surface area contributed by atoms with Crippen molar-refractivity contribution in [1.82, 2.24) is 0 Å². The second-order valence-electron chi connectivity index (χ2n) is 6.25. The summed E-state index contributed by atoms with van der Waals surface area (Å²) in [5.41, 5.74) is 3.44. The van der Waals surface area contributed by atoms with Gasteiger partial charge in [-0.2, -0.15) is 4.57 Å². The van der Waals surface area contributed by atoms with E-state index >= 15 is 0 Å². The fraction of sp³-hybridized carbons (Fsp3) is 0.412. The molecule has 2 aromatic rings. The van der Waals surface area contributed by atoms with Crippen molar-refractivity contribution < 1.29 is 9.36 Å². The van der Waals surface area contributed by atoms with Crippen LogP contribution >= 0.6 is 0 Å². The first-order chi connectivity index (χ1) is 9.02. The smallest absolute Gasteiger partial charge is 0.212 e. The highest BCUT2D eigenvalue weighted by molar-refractivity contribution is 6.00. The predicted molar refractivity (Wildman–Crippen MR) is 76.2 cm³/mol. The molecule has 0 amide bonds. The molecule has 1 aromatic carbocycles. The van der Waals surface area contributed by atoms with Crippen molar-refractivity contribution in [3.63, 3.8) is 0 Å². The quantitative estimate of drug-likeness (QED) is 0.715. The number of hydrogen-bond donors (Lipinski definition) is 0. The van der Waals surface area contributed by atoms with Crippen LogP contribution in [0, 0.1) is 5.41 Å². The summed E-state index contributed by atoms with van der Waals surface area (Å²) >= 11 is 0. The fourth-order valence-corrected chi connectivity index (χ4v) is 3.22. The number of aromatic nitrogens is 1. The summed E-state index contributed by atoms with van der Waals surface area (Å²) in [6.07, 6.45) is 1.63. The number of para-hydroxylation sites is 1. The van der Waals surface area contributed by atoms with Crippen LogP contribution in [0.5, 0.6) is 0 Å². The maximum Gasteiger partial charge on any atom is 0.212 e. The van der Waals surface area contributed by atoms with E-state index in [4.69, 9.17) is 0 Å². The van der Waals surface area contributed by atoms with Crippen molar-refractivity contribution >= 4 is 16.7 Å². The van der Waals surface area contributed by atoms with E-state index < -0.39 is 0 Å². The molecule has 0 spiro atoms. The van der Waals surface area contributed by atoms with Crippen LogP contribution in [0.15, 0.2) is 30.3 Å². The molecular formula is C17H20NO+.